The third-order valence-corrected chi connectivity index (χ3v) is 4.96. The third-order valence-electron chi connectivity index (χ3n) is 4.66. The number of esters is 1. The van der Waals surface area contributed by atoms with Crippen LogP contribution in [0.4, 0.5) is 0 Å². The van der Waals surface area contributed by atoms with E-state index in [4.69, 9.17) is 21.1 Å². The monoisotopic (exact) mass is 424 g/mol. The molecule has 1 fully saturated rings. The first-order valence-corrected chi connectivity index (χ1v) is 9.19. The summed E-state index contributed by atoms with van der Waals surface area (Å²) in [5.74, 6) is -0.246. The summed E-state index contributed by atoms with van der Waals surface area (Å²) in [5, 5.41) is 39.2. The average Bonchev–Trinajstić information content (AvgIpc) is 2.74. The smallest absolute Gasteiger partial charge is 0.337 e. The molecule has 9 heteroatoms. The summed E-state index contributed by atoms with van der Waals surface area (Å²) in [6, 6.07) is 11.7. The normalized spacial score (nSPS) is 26.8. The molecule has 1 saturated heterocycles. The van der Waals surface area contributed by atoms with Crippen molar-refractivity contribution in [2.45, 2.75) is 30.7 Å². The minimum absolute atomic E-state index is 0.186. The Morgan fingerprint density at radius 1 is 1.03 bits per heavy atom. The minimum atomic E-state index is -1.54. The van der Waals surface area contributed by atoms with Crippen LogP contribution in [0, 0.1) is 0 Å². The Bertz CT molecular complexity index is 854. The zero-order valence-corrected chi connectivity index (χ0v) is 16.2. The van der Waals surface area contributed by atoms with Crippen LogP contribution in [-0.4, -0.2) is 70.8 Å². The molecule has 0 bridgehead atoms. The molecule has 1 aliphatic heterocycles. The predicted molar refractivity (Wildman–Crippen MR) is 103 cm³/mol. The molecule has 3 rings (SSSR count). The van der Waals surface area contributed by atoms with Gasteiger partial charge in [-0.25, -0.2) is 4.79 Å². The Morgan fingerprint density at radius 3 is 2.28 bits per heavy atom. The number of hydrogen-bond donors (Lipinski definition) is 4. The molecule has 1 heterocycles. The molecule has 2 unspecified atom stereocenters. The molecule has 0 radical (unpaired) electrons. The number of aliphatic hydroxyl groups is 4. The summed E-state index contributed by atoms with van der Waals surface area (Å²) in [7, 11) is 1.31. The number of hydrogen-bond acceptors (Lipinski definition) is 8. The lowest BCUT2D eigenvalue weighted by Crippen LogP contribution is -2.60. The van der Waals surface area contributed by atoms with E-state index >= 15 is 0 Å². The van der Waals surface area contributed by atoms with Crippen molar-refractivity contribution in [3.8, 4) is 16.9 Å². The largest absolute Gasteiger partial charge is 0.465 e. The van der Waals surface area contributed by atoms with E-state index in [9.17, 15) is 25.2 Å². The van der Waals surface area contributed by atoms with Gasteiger partial charge in [0.1, 0.15) is 30.2 Å². The van der Waals surface area contributed by atoms with E-state index in [0.29, 0.717) is 5.56 Å². The van der Waals surface area contributed by atoms with Gasteiger partial charge in [0.25, 0.3) is 0 Å². The van der Waals surface area contributed by atoms with Crippen LogP contribution in [0.25, 0.3) is 11.1 Å². The van der Waals surface area contributed by atoms with E-state index in [1.807, 2.05) is 0 Å². The van der Waals surface area contributed by atoms with Crippen LogP contribution >= 0.6 is 11.6 Å². The van der Waals surface area contributed by atoms with Gasteiger partial charge in [-0.1, -0.05) is 29.8 Å². The van der Waals surface area contributed by atoms with Crippen LogP contribution in [-0.2, 0) is 9.47 Å². The molecule has 0 aliphatic carbocycles. The fourth-order valence-electron chi connectivity index (χ4n) is 2.98. The van der Waals surface area contributed by atoms with Gasteiger partial charge in [0.15, 0.2) is 0 Å². The van der Waals surface area contributed by atoms with E-state index in [-0.39, 0.29) is 10.8 Å². The van der Waals surface area contributed by atoms with E-state index in [0.717, 1.165) is 11.1 Å². The molecule has 8 nitrogen and oxygen atoms in total. The molecule has 29 heavy (non-hydrogen) atoms. The molecule has 2 aromatic rings. The molecule has 2 aromatic carbocycles. The number of methoxy groups -OCH3 is 1. The van der Waals surface area contributed by atoms with Gasteiger partial charge in [-0.3, -0.25) is 0 Å². The van der Waals surface area contributed by atoms with Crippen molar-refractivity contribution in [1.29, 1.82) is 0 Å². The van der Waals surface area contributed by atoms with Gasteiger partial charge < -0.3 is 34.6 Å². The lowest BCUT2D eigenvalue weighted by atomic mass is 9.99. The topological polar surface area (TPSA) is 126 Å². The van der Waals surface area contributed by atoms with Crippen molar-refractivity contribution in [1.82, 2.24) is 0 Å². The molecule has 5 atom stereocenters. The first-order valence-electron chi connectivity index (χ1n) is 8.81. The first kappa shape index (κ1) is 21.5. The van der Waals surface area contributed by atoms with Crippen LogP contribution in [0.1, 0.15) is 10.4 Å². The zero-order valence-electron chi connectivity index (χ0n) is 15.4. The van der Waals surface area contributed by atoms with Crippen molar-refractivity contribution in [3.05, 3.63) is 53.1 Å². The van der Waals surface area contributed by atoms with Gasteiger partial charge in [0.2, 0.25) is 6.29 Å². The molecule has 4 N–H and O–H groups in total. The summed E-state index contributed by atoms with van der Waals surface area (Å²) < 4.78 is 15.5. The molecular formula is C20H21ClO8. The predicted octanol–water partition coefficient (Wildman–Crippen LogP) is 0.972. The van der Waals surface area contributed by atoms with Crippen molar-refractivity contribution in [2.75, 3.05) is 13.7 Å². The Kier molecular flexibility index (Phi) is 6.74. The van der Waals surface area contributed by atoms with E-state index in [1.165, 1.54) is 7.11 Å². The fourth-order valence-corrected chi connectivity index (χ4v) is 3.21. The second-order valence-corrected chi connectivity index (χ2v) is 6.94. The molecule has 0 amide bonds. The Hall–Kier alpha value is -2.20. The highest BCUT2D eigenvalue weighted by Crippen LogP contribution is 2.33. The highest BCUT2D eigenvalue weighted by Gasteiger charge is 2.44. The maximum atomic E-state index is 11.5. The fraction of sp³-hybridized carbons (Fsp3) is 0.350. The number of halogens is 1. The van der Waals surface area contributed by atoms with Crippen LogP contribution in [0.2, 0.25) is 5.02 Å². The number of aliphatic hydroxyl groups excluding tert-OH is 4. The molecule has 0 saturated carbocycles. The van der Waals surface area contributed by atoms with Crippen molar-refractivity contribution in [2.24, 2.45) is 0 Å². The van der Waals surface area contributed by atoms with Crippen LogP contribution in [0.15, 0.2) is 42.5 Å². The first-order chi connectivity index (χ1) is 13.8. The van der Waals surface area contributed by atoms with Crippen LogP contribution < -0.4 is 4.74 Å². The highest BCUT2D eigenvalue weighted by molar-refractivity contribution is 6.32. The second-order valence-electron chi connectivity index (χ2n) is 6.53. The summed E-state index contributed by atoms with van der Waals surface area (Å²) in [6.07, 6.45) is -6.95. The molecule has 0 aromatic heterocycles. The third kappa shape index (κ3) is 4.53. The highest BCUT2D eigenvalue weighted by atomic mass is 35.5. The lowest BCUT2D eigenvalue weighted by molar-refractivity contribution is -0.277. The molecule has 1 aliphatic rings. The quantitative estimate of drug-likeness (QED) is 0.523. The Balaban J connectivity index is 1.77. The zero-order chi connectivity index (χ0) is 21.1. The van der Waals surface area contributed by atoms with Gasteiger partial charge >= 0.3 is 5.97 Å². The van der Waals surface area contributed by atoms with Crippen molar-refractivity contribution >= 4 is 17.6 Å². The molecular weight excluding hydrogens is 404 g/mol. The van der Waals surface area contributed by atoms with Gasteiger partial charge in [-0.15, -0.1) is 0 Å². The Morgan fingerprint density at radius 2 is 1.69 bits per heavy atom. The average molecular weight is 425 g/mol. The number of carbonyl (C=O) groups excluding carboxylic acids is 1. The van der Waals surface area contributed by atoms with E-state index < -0.39 is 43.3 Å². The number of ether oxygens (including phenoxy) is 3. The molecule has 0 spiro atoms. The van der Waals surface area contributed by atoms with Crippen molar-refractivity contribution in [3.63, 3.8) is 0 Å². The number of carbonyl (C=O) groups is 1. The minimum Gasteiger partial charge on any atom is -0.465 e. The summed E-state index contributed by atoms with van der Waals surface area (Å²) in [5.41, 5.74) is 1.98. The Labute approximate surface area is 171 Å². The molecule has 156 valence electrons. The summed E-state index contributed by atoms with van der Waals surface area (Å²) >= 11 is 6.29. The standard InChI is InChI=1S/C20H21ClO8/c1-27-19(26)11-4-2-10(3-5-11)12-6-7-14(13(21)8-12)28-20-18(25)17(24)16(23)15(9-22)29-20/h2-8,15-18,20,22-25H,9H2,1H3/t15-,16-,17?,18?,20+/m1/s1. The maximum absolute atomic E-state index is 11.5. The van der Waals surface area contributed by atoms with Crippen LogP contribution in [0.3, 0.4) is 0 Å². The van der Waals surface area contributed by atoms with E-state index in [1.54, 1.807) is 42.5 Å². The lowest BCUT2D eigenvalue weighted by Gasteiger charge is -2.39. The summed E-state index contributed by atoms with van der Waals surface area (Å²) in [4.78, 5) is 11.5. The van der Waals surface area contributed by atoms with Gasteiger partial charge in [-0.2, -0.15) is 0 Å². The van der Waals surface area contributed by atoms with Crippen molar-refractivity contribution < 1.29 is 39.4 Å². The van der Waals surface area contributed by atoms with E-state index in [2.05, 4.69) is 4.74 Å². The SMILES string of the molecule is COC(=O)c1ccc(-c2ccc(O[C@H]3O[C@H](CO)[C@@H](O)C(O)C3O)c(Cl)c2)cc1. The maximum Gasteiger partial charge on any atom is 0.337 e. The number of benzene rings is 2. The van der Waals surface area contributed by atoms with Crippen LogP contribution in [0.5, 0.6) is 5.75 Å². The van der Waals surface area contributed by atoms with Gasteiger partial charge in [0.05, 0.1) is 24.3 Å². The second kappa shape index (κ2) is 9.08. The van der Waals surface area contributed by atoms with Gasteiger partial charge in [-0.05, 0) is 35.4 Å². The van der Waals surface area contributed by atoms with Gasteiger partial charge in [0, 0.05) is 0 Å². The number of rotatable bonds is 5. The summed E-state index contributed by atoms with van der Waals surface area (Å²) in [6.45, 7) is -0.557.